The van der Waals surface area contributed by atoms with Crippen LogP contribution in [0.5, 0.6) is 0 Å². The Morgan fingerprint density at radius 1 is 0.329 bits per heavy atom. The second-order valence-corrected chi connectivity index (χ2v) is 20.2. The first-order chi connectivity index (χ1) is 34.6. The molecule has 0 fully saturated rings. The number of unbranched alkanes of at least 4 members (excludes halogenated alkanes) is 33. The minimum atomic E-state index is -0.547. The van der Waals surface area contributed by atoms with Gasteiger partial charge in [0.2, 0.25) is 0 Å². The molecular weight excluding hydrogens is 861 g/mol. The Hall–Kier alpha value is -2.66. The van der Waals surface area contributed by atoms with Crippen LogP contribution in [0.2, 0.25) is 0 Å². The van der Waals surface area contributed by atoms with Gasteiger partial charge in [0.25, 0.3) is 0 Å². The van der Waals surface area contributed by atoms with Gasteiger partial charge in [0.15, 0.2) is 6.10 Å². The van der Waals surface area contributed by atoms with E-state index in [0.717, 1.165) is 83.5 Å². The highest BCUT2D eigenvalue weighted by Crippen LogP contribution is 2.15. The molecule has 5 nitrogen and oxygen atoms in total. The summed E-state index contributed by atoms with van der Waals surface area (Å²) in [6, 6.07) is 0. The first-order valence-corrected chi connectivity index (χ1v) is 30.5. The van der Waals surface area contributed by atoms with Crippen molar-refractivity contribution in [1.29, 1.82) is 0 Å². The van der Waals surface area contributed by atoms with E-state index < -0.39 is 6.10 Å². The second-order valence-electron chi connectivity index (χ2n) is 20.2. The van der Waals surface area contributed by atoms with Crippen molar-refractivity contribution < 1.29 is 23.8 Å². The van der Waals surface area contributed by atoms with Crippen LogP contribution in [0.3, 0.4) is 0 Å². The van der Waals surface area contributed by atoms with E-state index >= 15 is 0 Å². The normalized spacial score (nSPS) is 12.7. The summed E-state index contributed by atoms with van der Waals surface area (Å²) in [4.78, 5) is 25.6. The van der Waals surface area contributed by atoms with Crippen molar-refractivity contribution in [2.75, 3.05) is 19.8 Å². The van der Waals surface area contributed by atoms with E-state index in [1.807, 2.05) is 0 Å². The molecule has 0 aromatic carbocycles. The lowest BCUT2D eigenvalue weighted by Crippen LogP contribution is -2.30. The van der Waals surface area contributed by atoms with Crippen molar-refractivity contribution >= 4 is 11.9 Å². The van der Waals surface area contributed by atoms with Gasteiger partial charge < -0.3 is 14.2 Å². The Bertz CT molecular complexity index is 1240. The molecule has 0 aromatic rings. The maximum absolute atomic E-state index is 12.9. The topological polar surface area (TPSA) is 61.8 Å². The molecule has 0 heterocycles. The van der Waals surface area contributed by atoms with Crippen LogP contribution in [0, 0.1) is 0 Å². The largest absolute Gasteiger partial charge is 0.462 e. The van der Waals surface area contributed by atoms with Gasteiger partial charge in [-0.05, 0) is 109 Å². The lowest BCUT2D eigenvalue weighted by Gasteiger charge is -2.18. The van der Waals surface area contributed by atoms with E-state index in [4.69, 9.17) is 14.2 Å². The molecule has 0 amide bonds. The van der Waals surface area contributed by atoms with Crippen molar-refractivity contribution in [3.63, 3.8) is 0 Å². The van der Waals surface area contributed by atoms with Crippen LogP contribution >= 0.6 is 0 Å². The Kier molecular flexibility index (Phi) is 58.3. The zero-order valence-corrected chi connectivity index (χ0v) is 46.8. The fraction of sp³-hybridized carbons (Fsp3) is 0.785. The number of esters is 2. The number of hydrogen-bond acceptors (Lipinski definition) is 5. The molecular formula is C65H116O5. The third-order valence-electron chi connectivity index (χ3n) is 13.2. The van der Waals surface area contributed by atoms with Gasteiger partial charge in [-0.1, -0.05) is 254 Å². The van der Waals surface area contributed by atoms with Crippen LogP contribution in [0.15, 0.2) is 72.9 Å². The number of carbonyl (C=O) groups is 2. The first-order valence-electron chi connectivity index (χ1n) is 30.5. The molecule has 5 heteroatoms. The van der Waals surface area contributed by atoms with Crippen molar-refractivity contribution in [2.45, 2.75) is 309 Å². The fourth-order valence-electron chi connectivity index (χ4n) is 8.67. The van der Waals surface area contributed by atoms with Crippen LogP contribution in [-0.2, 0) is 23.8 Å². The summed E-state index contributed by atoms with van der Waals surface area (Å²) in [7, 11) is 0. The smallest absolute Gasteiger partial charge is 0.306 e. The molecule has 70 heavy (non-hydrogen) atoms. The van der Waals surface area contributed by atoms with Gasteiger partial charge in [0.05, 0.1) is 6.61 Å². The van der Waals surface area contributed by atoms with Gasteiger partial charge in [-0.3, -0.25) is 9.59 Å². The van der Waals surface area contributed by atoms with E-state index in [2.05, 4.69) is 93.7 Å². The Morgan fingerprint density at radius 3 is 1.07 bits per heavy atom. The number of ether oxygens (including phenoxy) is 3. The van der Waals surface area contributed by atoms with Crippen molar-refractivity contribution in [3.05, 3.63) is 72.9 Å². The van der Waals surface area contributed by atoms with E-state index in [-0.39, 0.29) is 25.2 Å². The van der Waals surface area contributed by atoms with Crippen LogP contribution in [0.25, 0.3) is 0 Å². The molecule has 406 valence electrons. The highest BCUT2D eigenvalue weighted by atomic mass is 16.6. The lowest BCUT2D eigenvalue weighted by molar-refractivity contribution is -0.163. The zero-order valence-electron chi connectivity index (χ0n) is 46.8. The van der Waals surface area contributed by atoms with Crippen LogP contribution < -0.4 is 0 Å². The molecule has 0 aliphatic rings. The predicted octanol–water partition coefficient (Wildman–Crippen LogP) is 21.0. The predicted molar refractivity (Wildman–Crippen MR) is 307 cm³/mol. The maximum atomic E-state index is 12.9. The second kappa shape index (κ2) is 60.6. The van der Waals surface area contributed by atoms with Gasteiger partial charge in [-0.25, -0.2) is 0 Å². The van der Waals surface area contributed by atoms with Gasteiger partial charge in [0.1, 0.15) is 6.61 Å². The average molecular weight is 978 g/mol. The molecule has 0 aliphatic carbocycles. The highest BCUT2D eigenvalue weighted by Gasteiger charge is 2.17. The SMILES string of the molecule is CC/C=C\C/C=C\C/C=C\CCCCCCCCCC(=O)OCC(COCCCCCCCCCCCC/C=C\C/C=C\CCCCC)OC(=O)CCCCCCCCC/C=C\CCCCCCCC. The molecule has 1 atom stereocenters. The Morgan fingerprint density at radius 2 is 0.643 bits per heavy atom. The molecule has 0 saturated heterocycles. The molecule has 0 rings (SSSR count). The van der Waals surface area contributed by atoms with E-state index in [1.54, 1.807) is 0 Å². The third-order valence-corrected chi connectivity index (χ3v) is 13.2. The summed E-state index contributed by atoms with van der Waals surface area (Å²) in [6.45, 7) is 7.71. The summed E-state index contributed by atoms with van der Waals surface area (Å²) < 4.78 is 17.5. The molecule has 0 aromatic heterocycles. The number of carbonyl (C=O) groups excluding carboxylic acids is 2. The van der Waals surface area contributed by atoms with Gasteiger partial charge in [0, 0.05) is 19.4 Å². The minimum Gasteiger partial charge on any atom is -0.462 e. The first kappa shape index (κ1) is 67.3. The van der Waals surface area contributed by atoms with Crippen molar-refractivity contribution in [2.24, 2.45) is 0 Å². The fourth-order valence-corrected chi connectivity index (χ4v) is 8.67. The van der Waals surface area contributed by atoms with Crippen molar-refractivity contribution in [1.82, 2.24) is 0 Å². The summed E-state index contributed by atoms with van der Waals surface area (Å²) in [5, 5.41) is 0. The Balaban J connectivity index is 4.29. The van der Waals surface area contributed by atoms with Gasteiger partial charge >= 0.3 is 11.9 Å². The molecule has 0 spiro atoms. The lowest BCUT2D eigenvalue weighted by atomic mass is 10.1. The standard InChI is InChI=1S/C65H116O5/c1-4-7-10-13-16-19-22-25-28-31-32-33-36-39-42-45-48-51-54-57-60-68-61-63(70-65(67)59-56-53-50-47-44-41-38-35-30-27-24-21-18-15-12-9-6-3)62-69-64(66)58-55-52-49-46-43-40-37-34-29-26-23-20-17-14-11-8-5-2/h8,11,16-17,19-20,25-30,63H,4-7,9-10,12-15,18,21-24,31-62H2,1-3H3/b11-8-,19-16-,20-17-,28-25-,29-26-,30-27-. The maximum Gasteiger partial charge on any atom is 0.306 e. The highest BCUT2D eigenvalue weighted by molar-refractivity contribution is 5.70. The molecule has 0 bridgehead atoms. The molecule has 0 radical (unpaired) electrons. The number of allylic oxidation sites excluding steroid dienone is 12. The molecule has 0 aliphatic heterocycles. The summed E-state index contributed by atoms with van der Waals surface area (Å²) >= 11 is 0. The number of hydrogen-bond donors (Lipinski definition) is 0. The number of rotatable bonds is 56. The van der Waals surface area contributed by atoms with Crippen LogP contribution in [-0.4, -0.2) is 37.9 Å². The quantitative estimate of drug-likeness (QED) is 0.0345. The van der Waals surface area contributed by atoms with Crippen LogP contribution in [0.1, 0.15) is 303 Å². The zero-order chi connectivity index (χ0) is 50.6. The van der Waals surface area contributed by atoms with E-state index in [9.17, 15) is 9.59 Å². The van der Waals surface area contributed by atoms with Gasteiger partial charge in [-0.2, -0.15) is 0 Å². The summed E-state index contributed by atoms with van der Waals surface area (Å²) in [6.07, 6.45) is 79.3. The molecule has 0 saturated carbocycles. The van der Waals surface area contributed by atoms with Gasteiger partial charge in [-0.15, -0.1) is 0 Å². The summed E-state index contributed by atoms with van der Waals surface area (Å²) in [5.74, 6) is -0.404. The van der Waals surface area contributed by atoms with E-state index in [0.29, 0.717) is 19.4 Å². The molecule has 0 N–H and O–H groups in total. The monoisotopic (exact) mass is 977 g/mol. The summed E-state index contributed by atoms with van der Waals surface area (Å²) in [5.41, 5.74) is 0. The molecule has 1 unspecified atom stereocenters. The van der Waals surface area contributed by atoms with Crippen LogP contribution in [0.4, 0.5) is 0 Å². The minimum absolute atomic E-state index is 0.0768. The Labute approximate surface area is 436 Å². The van der Waals surface area contributed by atoms with Crippen molar-refractivity contribution in [3.8, 4) is 0 Å². The average Bonchev–Trinajstić information content (AvgIpc) is 3.36. The van der Waals surface area contributed by atoms with E-state index in [1.165, 1.54) is 186 Å². The third kappa shape index (κ3) is 57.9.